The number of hydrogen-bond acceptors (Lipinski definition) is 6. The number of aromatic nitrogens is 1. The van der Waals surface area contributed by atoms with Crippen LogP contribution in [0, 0.1) is 5.82 Å². The molecule has 0 unspecified atom stereocenters. The van der Waals surface area contributed by atoms with Gasteiger partial charge in [-0.2, -0.15) is 0 Å². The lowest BCUT2D eigenvalue weighted by atomic mass is 9.93. The van der Waals surface area contributed by atoms with Crippen molar-refractivity contribution in [2.24, 2.45) is 4.99 Å². The molecule has 0 aliphatic carbocycles. The molecule has 3 aromatic carbocycles. The van der Waals surface area contributed by atoms with Gasteiger partial charge in [0.05, 0.1) is 34.0 Å². The molecule has 1 atom stereocenters. The maximum atomic E-state index is 13.8. The van der Waals surface area contributed by atoms with Crippen LogP contribution in [-0.4, -0.2) is 28.2 Å². The number of carboxylic acids is 1. The molecule has 190 valence electrons. The number of esters is 1. The molecule has 0 fully saturated rings. The number of thiazole rings is 1. The third kappa shape index (κ3) is 4.71. The Hall–Kier alpha value is -4.63. The molecule has 0 saturated heterocycles. The number of nitrogens with zero attached hydrogens (tertiary/aromatic N) is 2. The van der Waals surface area contributed by atoms with Gasteiger partial charge < -0.3 is 9.84 Å². The molecule has 1 N–H and O–H groups in total. The molecule has 0 radical (unpaired) electrons. The molecule has 38 heavy (non-hydrogen) atoms. The van der Waals surface area contributed by atoms with E-state index in [9.17, 15) is 18.8 Å². The Morgan fingerprint density at radius 2 is 1.74 bits per heavy atom. The van der Waals surface area contributed by atoms with E-state index in [-0.39, 0.29) is 23.3 Å². The molecular weight excluding hydrogens is 507 g/mol. The number of ether oxygens (including phenoxy) is 1. The smallest absolute Gasteiger partial charge is 0.338 e. The summed E-state index contributed by atoms with van der Waals surface area (Å²) in [5, 5.41) is 9.16. The molecule has 7 nitrogen and oxygen atoms in total. The van der Waals surface area contributed by atoms with Crippen LogP contribution in [0.1, 0.15) is 40.0 Å². The monoisotopic (exact) mass is 528 g/mol. The van der Waals surface area contributed by atoms with Crippen molar-refractivity contribution >= 4 is 35.0 Å². The average molecular weight is 529 g/mol. The molecule has 9 heteroatoms. The maximum absolute atomic E-state index is 13.8. The van der Waals surface area contributed by atoms with Crippen molar-refractivity contribution < 1.29 is 23.8 Å². The van der Waals surface area contributed by atoms with Crippen molar-refractivity contribution in [2.45, 2.75) is 13.0 Å². The Balaban J connectivity index is 1.78. The van der Waals surface area contributed by atoms with Gasteiger partial charge in [0.25, 0.3) is 5.56 Å². The van der Waals surface area contributed by atoms with Gasteiger partial charge in [-0.25, -0.2) is 19.0 Å². The second-order valence-corrected chi connectivity index (χ2v) is 9.42. The van der Waals surface area contributed by atoms with E-state index in [4.69, 9.17) is 14.8 Å². The first-order valence-corrected chi connectivity index (χ1v) is 12.6. The Kier molecular flexibility index (Phi) is 6.85. The Morgan fingerprint density at radius 3 is 2.37 bits per heavy atom. The average Bonchev–Trinajstić information content (AvgIpc) is 3.23. The fourth-order valence-electron chi connectivity index (χ4n) is 4.27. The Labute approximate surface area is 220 Å². The first-order chi connectivity index (χ1) is 18.4. The Morgan fingerprint density at radius 1 is 1.05 bits per heavy atom. The minimum Gasteiger partial charge on any atom is -0.478 e. The van der Waals surface area contributed by atoms with Crippen molar-refractivity contribution in [3.8, 4) is 0 Å². The molecule has 0 spiro atoms. The first-order valence-electron chi connectivity index (χ1n) is 11.7. The van der Waals surface area contributed by atoms with Crippen LogP contribution >= 0.6 is 11.3 Å². The fourth-order valence-corrected chi connectivity index (χ4v) is 5.28. The van der Waals surface area contributed by atoms with Gasteiger partial charge in [-0.05, 0) is 48.4 Å². The van der Waals surface area contributed by atoms with E-state index in [1.165, 1.54) is 41.0 Å². The van der Waals surface area contributed by atoms with Gasteiger partial charge >= 0.3 is 11.9 Å². The number of fused-ring (bicyclic) bond motifs is 1. The van der Waals surface area contributed by atoms with Crippen LogP contribution < -0.4 is 14.9 Å². The zero-order chi connectivity index (χ0) is 26.8. The van der Waals surface area contributed by atoms with E-state index in [0.29, 0.717) is 31.7 Å². The van der Waals surface area contributed by atoms with E-state index in [1.54, 1.807) is 25.1 Å². The number of rotatable bonds is 6. The summed E-state index contributed by atoms with van der Waals surface area (Å²) in [5.74, 6) is -2.12. The zero-order valence-electron chi connectivity index (χ0n) is 20.1. The normalized spacial score (nSPS) is 15.1. The van der Waals surface area contributed by atoms with Crippen molar-refractivity contribution in [3.63, 3.8) is 0 Å². The van der Waals surface area contributed by atoms with Crippen molar-refractivity contribution in [2.75, 3.05) is 6.61 Å². The fraction of sp³-hybridized carbons (Fsp3) is 0.103. The summed E-state index contributed by atoms with van der Waals surface area (Å²) in [6.45, 7) is 1.82. The largest absolute Gasteiger partial charge is 0.478 e. The molecular formula is C29H21FN2O5S. The molecule has 0 saturated carbocycles. The molecule has 5 rings (SSSR count). The summed E-state index contributed by atoms with van der Waals surface area (Å²) in [6, 6.07) is 20.0. The summed E-state index contributed by atoms with van der Waals surface area (Å²) in [6.07, 6.45) is 1.65. The third-order valence-corrected chi connectivity index (χ3v) is 7.00. The van der Waals surface area contributed by atoms with E-state index >= 15 is 0 Å². The van der Waals surface area contributed by atoms with E-state index in [0.717, 1.165) is 11.3 Å². The predicted molar refractivity (Wildman–Crippen MR) is 141 cm³/mol. The number of carboxylic acid groups (broad SMARTS) is 1. The van der Waals surface area contributed by atoms with E-state index in [1.807, 2.05) is 30.3 Å². The van der Waals surface area contributed by atoms with Crippen LogP contribution in [0.25, 0.3) is 11.8 Å². The van der Waals surface area contributed by atoms with Gasteiger partial charge in [0.15, 0.2) is 4.80 Å². The lowest BCUT2D eigenvalue weighted by Crippen LogP contribution is -2.40. The summed E-state index contributed by atoms with van der Waals surface area (Å²) in [7, 11) is 0. The molecule has 1 aromatic heterocycles. The van der Waals surface area contributed by atoms with Crippen molar-refractivity contribution in [3.05, 3.63) is 132 Å². The minimum atomic E-state index is -1.05. The SMILES string of the molecule is CCOC(=O)C1=C(c2ccccc2)N=c2s/c(=C\c3ccc(C(=O)O)cc3)c(=O)n2[C@H]1c1ccc(F)cc1. The highest BCUT2D eigenvalue weighted by atomic mass is 32.1. The molecule has 1 aliphatic rings. The number of benzene rings is 3. The molecule has 0 amide bonds. The Bertz CT molecular complexity index is 1740. The van der Waals surface area contributed by atoms with Crippen LogP contribution in [0.15, 0.2) is 94.2 Å². The second kappa shape index (κ2) is 10.4. The highest BCUT2D eigenvalue weighted by Gasteiger charge is 2.35. The van der Waals surface area contributed by atoms with Crippen LogP contribution in [0.2, 0.25) is 0 Å². The number of carbonyl (C=O) groups is 2. The molecule has 4 aromatic rings. The number of carbonyl (C=O) groups excluding carboxylic acids is 1. The van der Waals surface area contributed by atoms with Gasteiger partial charge in [0, 0.05) is 5.56 Å². The molecule has 2 heterocycles. The molecule has 1 aliphatic heterocycles. The number of halogens is 1. The summed E-state index contributed by atoms with van der Waals surface area (Å²) in [4.78, 5) is 43.4. The molecule has 0 bridgehead atoms. The summed E-state index contributed by atoms with van der Waals surface area (Å²) >= 11 is 1.15. The zero-order valence-corrected chi connectivity index (χ0v) is 20.9. The lowest BCUT2D eigenvalue weighted by molar-refractivity contribution is -0.138. The van der Waals surface area contributed by atoms with E-state index < -0.39 is 23.8 Å². The van der Waals surface area contributed by atoms with Crippen LogP contribution in [0.3, 0.4) is 0 Å². The predicted octanol–water partition coefficient (Wildman–Crippen LogP) is 3.77. The second-order valence-electron chi connectivity index (χ2n) is 8.41. The number of aromatic carboxylic acids is 1. The van der Waals surface area contributed by atoms with Crippen molar-refractivity contribution in [1.29, 1.82) is 0 Å². The summed E-state index contributed by atoms with van der Waals surface area (Å²) < 4.78 is 21.0. The highest BCUT2D eigenvalue weighted by molar-refractivity contribution is 7.07. The van der Waals surface area contributed by atoms with Gasteiger partial charge in [-0.3, -0.25) is 9.36 Å². The summed E-state index contributed by atoms with van der Waals surface area (Å²) in [5.41, 5.74) is 2.12. The van der Waals surface area contributed by atoms with Gasteiger partial charge in [-0.15, -0.1) is 0 Å². The maximum Gasteiger partial charge on any atom is 0.338 e. The quantitative estimate of drug-likeness (QED) is 0.384. The van der Waals surface area contributed by atoms with Crippen LogP contribution in [-0.2, 0) is 9.53 Å². The third-order valence-electron chi connectivity index (χ3n) is 6.01. The van der Waals surface area contributed by atoms with Crippen LogP contribution in [0.4, 0.5) is 4.39 Å². The van der Waals surface area contributed by atoms with Gasteiger partial charge in [-0.1, -0.05) is 65.9 Å². The van der Waals surface area contributed by atoms with E-state index in [2.05, 4.69) is 0 Å². The van der Waals surface area contributed by atoms with Gasteiger partial charge in [0.1, 0.15) is 5.82 Å². The minimum absolute atomic E-state index is 0.122. The first kappa shape index (κ1) is 25.0. The van der Waals surface area contributed by atoms with Crippen LogP contribution in [0.5, 0.6) is 0 Å². The topological polar surface area (TPSA) is 98.0 Å². The van der Waals surface area contributed by atoms with Gasteiger partial charge in [0.2, 0.25) is 0 Å². The number of hydrogen-bond donors (Lipinski definition) is 1. The van der Waals surface area contributed by atoms with Crippen molar-refractivity contribution in [1.82, 2.24) is 4.57 Å². The lowest BCUT2D eigenvalue weighted by Gasteiger charge is -2.25. The highest BCUT2D eigenvalue weighted by Crippen LogP contribution is 2.35. The standard InChI is InChI=1S/C29H21FN2O5S/c1-2-37-28(36)23-24(18-6-4-3-5-7-18)31-29-32(25(23)19-12-14-21(30)15-13-19)26(33)22(38-29)16-17-8-10-20(11-9-17)27(34)35/h3-16,25H,2H2,1H3,(H,34,35)/b22-16-/t25-/m0/s1.